The van der Waals surface area contributed by atoms with Crippen LogP contribution in [0.4, 0.5) is 11.5 Å². The maximum Gasteiger partial charge on any atom is 0.151 e. The second kappa shape index (κ2) is 5.07. The van der Waals surface area contributed by atoms with Gasteiger partial charge < -0.3 is 15.4 Å². The molecule has 0 aliphatic carbocycles. The second-order valence-electron chi connectivity index (χ2n) is 5.02. The number of hydrogen-bond acceptors (Lipinski definition) is 4. The van der Waals surface area contributed by atoms with Gasteiger partial charge in [-0.15, -0.1) is 0 Å². The van der Waals surface area contributed by atoms with Gasteiger partial charge in [-0.25, -0.2) is 4.68 Å². The van der Waals surface area contributed by atoms with E-state index >= 15 is 0 Å². The second-order valence-corrected chi connectivity index (χ2v) is 5.02. The van der Waals surface area contributed by atoms with Crippen LogP contribution in [0.15, 0.2) is 24.3 Å². The van der Waals surface area contributed by atoms with E-state index in [2.05, 4.69) is 23.0 Å². The van der Waals surface area contributed by atoms with E-state index in [1.54, 1.807) is 0 Å². The number of rotatable bonds is 2. The molecule has 0 amide bonds. The molecule has 1 aromatic heterocycles. The monoisotopic (exact) mass is 272 g/mol. The number of nitrogens with two attached hydrogens (primary N) is 1. The van der Waals surface area contributed by atoms with Crippen molar-refractivity contribution < 1.29 is 4.74 Å². The van der Waals surface area contributed by atoms with Crippen LogP contribution in [0.1, 0.15) is 18.2 Å². The lowest BCUT2D eigenvalue weighted by Gasteiger charge is -2.23. The van der Waals surface area contributed by atoms with Crippen molar-refractivity contribution in [2.24, 2.45) is 0 Å². The zero-order valence-electron chi connectivity index (χ0n) is 12.0. The summed E-state index contributed by atoms with van der Waals surface area (Å²) in [6, 6.07) is 8.16. The van der Waals surface area contributed by atoms with Gasteiger partial charge in [0.15, 0.2) is 5.82 Å². The van der Waals surface area contributed by atoms with Crippen LogP contribution >= 0.6 is 0 Å². The molecule has 2 aromatic rings. The Morgan fingerprint density at radius 3 is 2.95 bits per heavy atom. The van der Waals surface area contributed by atoms with E-state index in [-0.39, 0.29) is 0 Å². The van der Waals surface area contributed by atoms with Crippen LogP contribution in [-0.4, -0.2) is 22.9 Å². The van der Waals surface area contributed by atoms with Crippen LogP contribution in [-0.2, 0) is 13.1 Å². The lowest BCUT2D eigenvalue weighted by atomic mass is 10.2. The van der Waals surface area contributed by atoms with Crippen molar-refractivity contribution in [2.75, 3.05) is 23.8 Å². The number of anilines is 2. The zero-order chi connectivity index (χ0) is 14.1. The Bertz CT molecular complexity index is 620. The molecule has 106 valence electrons. The van der Waals surface area contributed by atoms with Gasteiger partial charge in [0.2, 0.25) is 0 Å². The molecule has 0 saturated carbocycles. The molecule has 2 heterocycles. The molecule has 0 saturated heterocycles. The summed E-state index contributed by atoms with van der Waals surface area (Å²) in [6.45, 7) is 7.11. The minimum Gasteiger partial charge on any atom is -0.491 e. The molecule has 1 aliphatic rings. The van der Waals surface area contributed by atoms with Gasteiger partial charge in [0, 0.05) is 18.7 Å². The lowest BCUT2D eigenvalue weighted by molar-refractivity contribution is 0.331. The number of aromatic nitrogens is 2. The fraction of sp³-hybridized carbons (Fsp3) is 0.400. The molecule has 3 rings (SSSR count). The minimum absolute atomic E-state index is 0.657. The summed E-state index contributed by atoms with van der Waals surface area (Å²) in [6.07, 6.45) is 0. The highest BCUT2D eigenvalue weighted by Crippen LogP contribution is 2.31. The van der Waals surface area contributed by atoms with E-state index in [9.17, 15) is 0 Å². The number of aryl methyl sites for hydroxylation is 2. The van der Waals surface area contributed by atoms with Gasteiger partial charge in [-0.1, -0.05) is 18.2 Å². The first-order chi connectivity index (χ1) is 9.70. The number of fused-ring (bicyclic) bond motifs is 1. The van der Waals surface area contributed by atoms with E-state index in [1.165, 1.54) is 5.56 Å². The molecule has 0 bridgehead atoms. The average molecular weight is 272 g/mol. The summed E-state index contributed by atoms with van der Waals surface area (Å²) >= 11 is 0. The summed E-state index contributed by atoms with van der Waals surface area (Å²) in [4.78, 5) is 2.25. The first-order valence-electron chi connectivity index (χ1n) is 6.99. The zero-order valence-corrected chi connectivity index (χ0v) is 12.0. The van der Waals surface area contributed by atoms with Crippen LogP contribution in [0.5, 0.6) is 5.75 Å². The molecule has 0 radical (unpaired) electrons. The number of hydrogen-bond donors (Lipinski definition) is 1. The van der Waals surface area contributed by atoms with Gasteiger partial charge in [0.05, 0.1) is 17.9 Å². The van der Waals surface area contributed by atoms with Crippen molar-refractivity contribution in [2.45, 2.75) is 26.9 Å². The van der Waals surface area contributed by atoms with Gasteiger partial charge in [-0.2, -0.15) is 5.10 Å². The van der Waals surface area contributed by atoms with E-state index in [0.29, 0.717) is 6.61 Å². The molecule has 1 aliphatic heterocycles. The van der Waals surface area contributed by atoms with E-state index < -0.39 is 0 Å². The molecule has 5 heteroatoms. The lowest BCUT2D eigenvalue weighted by Crippen LogP contribution is -2.28. The molecule has 0 fully saturated rings. The Balaban J connectivity index is 1.99. The first kappa shape index (κ1) is 12.8. The maximum atomic E-state index is 6.21. The molecule has 2 N–H and O–H groups in total. The summed E-state index contributed by atoms with van der Waals surface area (Å²) in [5, 5.41) is 4.50. The number of nitrogens with zero attached hydrogens (tertiary/aromatic N) is 3. The number of para-hydroxylation sites is 1. The minimum atomic E-state index is 0.657. The Labute approximate surface area is 118 Å². The van der Waals surface area contributed by atoms with Crippen LogP contribution < -0.4 is 15.4 Å². The summed E-state index contributed by atoms with van der Waals surface area (Å²) in [7, 11) is 0. The highest BCUT2D eigenvalue weighted by Gasteiger charge is 2.22. The van der Waals surface area contributed by atoms with Crippen molar-refractivity contribution in [3.8, 4) is 5.75 Å². The Hall–Kier alpha value is -2.17. The molecular formula is C15H20N4O. The predicted molar refractivity (Wildman–Crippen MR) is 80.0 cm³/mol. The SMILES string of the molecule is CCn1nc(C)c(N)c1N1CCOc2ccccc2C1. The topological polar surface area (TPSA) is 56.3 Å². The third-order valence-electron chi connectivity index (χ3n) is 3.70. The van der Waals surface area contributed by atoms with Crippen molar-refractivity contribution in [3.63, 3.8) is 0 Å². The van der Waals surface area contributed by atoms with Gasteiger partial charge in [0.25, 0.3) is 0 Å². The average Bonchev–Trinajstić information content (AvgIpc) is 2.64. The van der Waals surface area contributed by atoms with Crippen molar-refractivity contribution in [1.82, 2.24) is 9.78 Å². The van der Waals surface area contributed by atoms with E-state index in [1.807, 2.05) is 29.8 Å². The molecular weight excluding hydrogens is 252 g/mol. The van der Waals surface area contributed by atoms with Crippen LogP contribution in [0.2, 0.25) is 0 Å². The third kappa shape index (κ3) is 2.09. The summed E-state index contributed by atoms with van der Waals surface area (Å²) < 4.78 is 7.78. The van der Waals surface area contributed by atoms with Crippen LogP contribution in [0, 0.1) is 6.92 Å². The number of ether oxygens (including phenoxy) is 1. The van der Waals surface area contributed by atoms with Crippen molar-refractivity contribution >= 4 is 11.5 Å². The summed E-state index contributed by atoms with van der Waals surface area (Å²) in [5.41, 5.74) is 9.06. The normalized spacial score (nSPS) is 14.6. The Kier molecular flexibility index (Phi) is 3.26. The number of benzene rings is 1. The maximum absolute atomic E-state index is 6.21. The van der Waals surface area contributed by atoms with Gasteiger partial charge in [0.1, 0.15) is 12.4 Å². The molecule has 0 unspecified atom stereocenters. The summed E-state index contributed by atoms with van der Waals surface area (Å²) in [5.74, 6) is 1.97. The molecule has 0 spiro atoms. The van der Waals surface area contributed by atoms with Gasteiger partial charge >= 0.3 is 0 Å². The van der Waals surface area contributed by atoms with E-state index in [0.717, 1.165) is 42.6 Å². The molecule has 1 aromatic carbocycles. The Morgan fingerprint density at radius 1 is 1.35 bits per heavy atom. The largest absolute Gasteiger partial charge is 0.491 e. The van der Waals surface area contributed by atoms with E-state index in [4.69, 9.17) is 10.5 Å². The van der Waals surface area contributed by atoms with Crippen LogP contribution in [0.3, 0.4) is 0 Å². The predicted octanol–water partition coefficient (Wildman–Crippen LogP) is 2.19. The highest BCUT2D eigenvalue weighted by atomic mass is 16.5. The van der Waals surface area contributed by atoms with Gasteiger partial charge in [-0.3, -0.25) is 0 Å². The van der Waals surface area contributed by atoms with Crippen molar-refractivity contribution in [3.05, 3.63) is 35.5 Å². The highest BCUT2D eigenvalue weighted by molar-refractivity contribution is 5.66. The quantitative estimate of drug-likeness (QED) is 0.910. The van der Waals surface area contributed by atoms with Crippen LogP contribution in [0.25, 0.3) is 0 Å². The Morgan fingerprint density at radius 2 is 2.15 bits per heavy atom. The fourth-order valence-electron chi connectivity index (χ4n) is 2.64. The molecule has 0 atom stereocenters. The fourth-order valence-corrected chi connectivity index (χ4v) is 2.64. The standard InChI is InChI=1S/C15H20N4O/c1-3-19-15(14(16)11(2)17-19)18-8-9-20-13-7-5-4-6-12(13)10-18/h4-7H,3,8-10,16H2,1-2H3. The van der Waals surface area contributed by atoms with Gasteiger partial charge in [-0.05, 0) is 19.9 Å². The third-order valence-corrected chi connectivity index (χ3v) is 3.70. The first-order valence-corrected chi connectivity index (χ1v) is 6.99. The molecule has 5 nitrogen and oxygen atoms in total. The molecule has 20 heavy (non-hydrogen) atoms. The van der Waals surface area contributed by atoms with Crippen molar-refractivity contribution in [1.29, 1.82) is 0 Å². The smallest absolute Gasteiger partial charge is 0.151 e. The number of nitrogen functional groups attached to an aromatic ring is 1.